The van der Waals surface area contributed by atoms with Gasteiger partial charge < -0.3 is 39.6 Å². The van der Waals surface area contributed by atoms with E-state index in [-0.39, 0.29) is 41.8 Å². The number of hydrogen-bond donors (Lipinski definition) is 3. The highest BCUT2D eigenvalue weighted by Gasteiger charge is 2.35. The highest BCUT2D eigenvalue weighted by Crippen LogP contribution is 2.38. The standard InChI is InChI=1S/C18H24BN2O7/c22-15(7-11-4-6-20-8-11)21-9-13(10-21)27-14-2-1-12-3-5-19(25,26)28-17(12)16(14)18(23)24/h1-2,11,13,20,25-26H,3-10H2,(H,23,24)/q-1/p-1/t11-/m0/s1. The number of fused-ring (bicyclic) bond motifs is 1. The van der Waals surface area contributed by atoms with Crippen LogP contribution in [0.4, 0.5) is 0 Å². The average Bonchev–Trinajstić information content (AvgIpc) is 3.08. The van der Waals surface area contributed by atoms with Crippen LogP contribution >= 0.6 is 0 Å². The van der Waals surface area contributed by atoms with Crippen molar-refractivity contribution in [2.45, 2.75) is 31.7 Å². The van der Waals surface area contributed by atoms with Crippen LogP contribution in [0.1, 0.15) is 28.8 Å². The number of aryl methyl sites for hydroxylation is 1. The molecule has 1 amide bonds. The Morgan fingerprint density at radius 1 is 1.36 bits per heavy atom. The molecule has 0 unspecified atom stereocenters. The van der Waals surface area contributed by atoms with Crippen molar-refractivity contribution in [2.24, 2.45) is 5.92 Å². The zero-order chi connectivity index (χ0) is 19.9. The molecule has 28 heavy (non-hydrogen) atoms. The molecule has 3 aliphatic heterocycles. The van der Waals surface area contributed by atoms with Gasteiger partial charge in [-0.1, -0.05) is 12.4 Å². The van der Waals surface area contributed by atoms with Crippen LogP contribution in [0.25, 0.3) is 0 Å². The molecule has 3 heterocycles. The van der Waals surface area contributed by atoms with Gasteiger partial charge in [0.2, 0.25) is 5.91 Å². The Hall–Kier alpha value is -2.30. The van der Waals surface area contributed by atoms with Crippen LogP contribution in [-0.4, -0.2) is 65.9 Å². The fraction of sp³-hybridized carbons (Fsp3) is 0.556. The van der Waals surface area contributed by atoms with E-state index in [9.17, 15) is 24.7 Å². The maximum absolute atomic E-state index is 12.3. The largest absolute Gasteiger partial charge is 0.669 e. The Labute approximate surface area is 162 Å². The van der Waals surface area contributed by atoms with Crippen LogP contribution in [-0.2, 0) is 11.2 Å². The zero-order valence-corrected chi connectivity index (χ0v) is 15.4. The van der Waals surface area contributed by atoms with E-state index in [1.165, 1.54) is 6.07 Å². The average molecular weight is 390 g/mol. The number of ether oxygens (including phenoxy) is 1. The van der Waals surface area contributed by atoms with E-state index >= 15 is 0 Å². The van der Waals surface area contributed by atoms with Crippen molar-refractivity contribution in [2.75, 3.05) is 26.2 Å². The maximum atomic E-state index is 12.3. The summed E-state index contributed by atoms with van der Waals surface area (Å²) in [6, 6.07) is 3.17. The number of rotatable bonds is 5. The first-order chi connectivity index (χ1) is 13.3. The molecule has 0 spiro atoms. The van der Waals surface area contributed by atoms with Crippen molar-refractivity contribution in [1.29, 1.82) is 0 Å². The minimum Gasteiger partial charge on any atom is -0.669 e. The van der Waals surface area contributed by atoms with Crippen LogP contribution in [0.5, 0.6) is 11.5 Å². The Morgan fingerprint density at radius 3 is 2.82 bits per heavy atom. The number of carboxylic acid groups (broad SMARTS) is 1. The van der Waals surface area contributed by atoms with Crippen molar-refractivity contribution in [3.05, 3.63) is 23.3 Å². The molecule has 3 N–H and O–H groups in total. The van der Waals surface area contributed by atoms with Gasteiger partial charge in [0, 0.05) is 6.42 Å². The third-order valence-electron chi connectivity index (χ3n) is 5.62. The predicted octanol–water partition coefficient (Wildman–Crippen LogP) is -1.50. The second-order valence-corrected chi connectivity index (χ2v) is 7.83. The number of hydrogen-bond acceptors (Lipinski definition) is 8. The van der Waals surface area contributed by atoms with Gasteiger partial charge in [-0.25, -0.2) is 0 Å². The number of benzene rings is 1. The molecule has 1 atom stereocenters. The smallest absolute Gasteiger partial charge is 0.430 e. The van der Waals surface area contributed by atoms with Crippen LogP contribution in [0, 0.1) is 5.92 Å². The zero-order valence-electron chi connectivity index (χ0n) is 15.4. The van der Waals surface area contributed by atoms with E-state index in [1.54, 1.807) is 11.0 Å². The number of aromatic carboxylic acids is 1. The molecule has 2 saturated heterocycles. The lowest BCUT2D eigenvalue weighted by molar-refractivity contribution is -0.255. The van der Waals surface area contributed by atoms with Crippen LogP contribution in [0.2, 0.25) is 6.32 Å². The molecule has 2 fully saturated rings. The fourth-order valence-corrected chi connectivity index (χ4v) is 3.98. The quantitative estimate of drug-likeness (QED) is 0.518. The number of likely N-dealkylation sites (tertiary alicyclic amines) is 1. The molecule has 0 aliphatic carbocycles. The first-order valence-electron chi connectivity index (χ1n) is 9.64. The number of carbonyl (C=O) groups excluding carboxylic acids is 2. The maximum Gasteiger partial charge on any atom is 0.430 e. The van der Waals surface area contributed by atoms with Gasteiger partial charge in [0.15, 0.2) is 0 Å². The van der Waals surface area contributed by atoms with E-state index in [2.05, 4.69) is 5.32 Å². The molecular formula is C18H23BN2O7-2. The van der Waals surface area contributed by atoms with Gasteiger partial charge in [-0.05, 0) is 43.5 Å². The van der Waals surface area contributed by atoms with Gasteiger partial charge in [0.1, 0.15) is 11.9 Å². The van der Waals surface area contributed by atoms with Crippen LogP contribution < -0.4 is 19.8 Å². The fourth-order valence-electron chi connectivity index (χ4n) is 3.98. The topological polar surface area (TPSA) is 131 Å². The van der Waals surface area contributed by atoms with Crippen molar-refractivity contribution in [3.8, 4) is 11.5 Å². The molecule has 9 nitrogen and oxygen atoms in total. The second kappa shape index (κ2) is 7.27. The summed E-state index contributed by atoms with van der Waals surface area (Å²) in [4.78, 5) is 25.6. The summed E-state index contributed by atoms with van der Waals surface area (Å²) in [6.45, 7) is -0.520. The summed E-state index contributed by atoms with van der Waals surface area (Å²) < 4.78 is 10.9. The van der Waals surface area contributed by atoms with Gasteiger partial charge in [-0.3, -0.25) is 4.79 Å². The Balaban J connectivity index is 1.42. The molecule has 0 aromatic heterocycles. The lowest BCUT2D eigenvalue weighted by Gasteiger charge is -2.41. The first kappa shape index (κ1) is 19.0. The molecule has 10 heteroatoms. The van der Waals surface area contributed by atoms with E-state index in [0.29, 0.717) is 31.0 Å². The van der Waals surface area contributed by atoms with Crippen molar-refractivity contribution < 1.29 is 34.1 Å². The third-order valence-corrected chi connectivity index (χ3v) is 5.62. The summed E-state index contributed by atoms with van der Waals surface area (Å²) in [7, 11) is 0. The first-order valence-corrected chi connectivity index (χ1v) is 9.64. The molecule has 0 saturated carbocycles. The lowest BCUT2D eigenvalue weighted by Crippen LogP contribution is -2.56. The van der Waals surface area contributed by atoms with Gasteiger partial charge in [-0.15, -0.1) is 0 Å². The van der Waals surface area contributed by atoms with E-state index in [0.717, 1.165) is 19.5 Å². The molecule has 3 aliphatic rings. The van der Waals surface area contributed by atoms with Crippen LogP contribution in [0.15, 0.2) is 12.1 Å². The number of nitrogens with zero attached hydrogens (tertiary/aromatic N) is 1. The second-order valence-electron chi connectivity index (χ2n) is 7.83. The highest BCUT2D eigenvalue weighted by atomic mass is 16.6. The lowest BCUT2D eigenvalue weighted by atomic mass is 9.70. The Bertz CT molecular complexity index is 788. The van der Waals surface area contributed by atoms with Gasteiger partial charge in [0.25, 0.3) is 0 Å². The predicted molar refractivity (Wildman–Crippen MR) is 96.7 cm³/mol. The molecule has 1 aromatic carbocycles. The molecule has 1 aromatic rings. The van der Waals surface area contributed by atoms with E-state index in [4.69, 9.17) is 9.39 Å². The summed E-state index contributed by atoms with van der Waals surface area (Å²) >= 11 is 0. The molecule has 152 valence electrons. The summed E-state index contributed by atoms with van der Waals surface area (Å²) in [6.07, 6.45) is 1.46. The number of nitrogens with one attached hydrogen (secondary N) is 1. The summed E-state index contributed by atoms with van der Waals surface area (Å²) in [5.41, 5.74) is 0.232. The van der Waals surface area contributed by atoms with Gasteiger partial charge >= 0.3 is 6.75 Å². The van der Waals surface area contributed by atoms with E-state index < -0.39 is 12.7 Å². The van der Waals surface area contributed by atoms with Crippen LogP contribution in [0.3, 0.4) is 0 Å². The van der Waals surface area contributed by atoms with Crippen molar-refractivity contribution in [3.63, 3.8) is 0 Å². The SMILES string of the molecule is O=C([O-])c1c(OC2CN(C(=O)C[C@@H]3CCNC3)C2)ccc2c1O[B-](O)(O)CC2. The summed E-state index contributed by atoms with van der Waals surface area (Å²) in [5, 5.41) is 34.4. The Kier molecular flexibility index (Phi) is 4.94. The monoisotopic (exact) mass is 390 g/mol. The molecule has 4 rings (SSSR count). The number of amides is 1. The molecular weight excluding hydrogens is 367 g/mol. The van der Waals surface area contributed by atoms with E-state index in [1.807, 2.05) is 0 Å². The number of carbonyl (C=O) groups is 2. The highest BCUT2D eigenvalue weighted by molar-refractivity contribution is 6.59. The minimum absolute atomic E-state index is 0.00407. The summed E-state index contributed by atoms with van der Waals surface area (Å²) in [5.74, 6) is -1.13. The third kappa shape index (κ3) is 3.80. The van der Waals surface area contributed by atoms with Gasteiger partial charge in [-0.2, -0.15) is 0 Å². The van der Waals surface area contributed by atoms with Crippen molar-refractivity contribution in [1.82, 2.24) is 10.2 Å². The Morgan fingerprint density at radius 2 is 2.14 bits per heavy atom. The van der Waals surface area contributed by atoms with Crippen molar-refractivity contribution >= 4 is 18.6 Å². The molecule has 0 radical (unpaired) electrons. The van der Waals surface area contributed by atoms with Gasteiger partial charge in [0.05, 0.1) is 30.4 Å². The minimum atomic E-state index is -3.10. The number of carboxylic acids is 1. The normalized spacial score (nSPS) is 23.5. The molecule has 0 bridgehead atoms.